The maximum Gasteiger partial charge on any atom is 0.230 e. The largest absolute Gasteiger partial charge is 0.296 e. The van der Waals surface area contributed by atoms with Crippen LogP contribution in [0.15, 0.2) is 0 Å². The fourth-order valence-corrected chi connectivity index (χ4v) is 2.99. The average molecular weight is 225 g/mol. The Hall–Kier alpha value is -0.860. The second-order valence-corrected chi connectivity index (χ2v) is 5.68. The standard InChI is InChI=1S/C13H23NO2/c1-5-6-10-12(16)14-11(15)8-13(10,4)7-9(2)3/h9-10H,5-8H2,1-4H3,(H,14,15,16). The molecule has 0 spiro atoms. The summed E-state index contributed by atoms with van der Waals surface area (Å²) >= 11 is 0. The van der Waals surface area contributed by atoms with Crippen LogP contribution in [0.25, 0.3) is 0 Å². The Morgan fingerprint density at radius 2 is 2.06 bits per heavy atom. The van der Waals surface area contributed by atoms with E-state index in [1.54, 1.807) is 0 Å². The van der Waals surface area contributed by atoms with Gasteiger partial charge in [0, 0.05) is 12.3 Å². The molecule has 1 N–H and O–H groups in total. The van der Waals surface area contributed by atoms with E-state index in [0.717, 1.165) is 19.3 Å². The van der Waals surface area contributed by atoms with Gasteiger partial charge in [0.05, 0.1) is 0 Å². The monoisotopic (exact) mass is 225 g/mol. The molecule has 3 heteroatoms. The summed E-state index contributed by atoms with van der Waals surface area (Å²) in [5, 5.41) is 2.46. The summed E-state index contributed by atoms with van der Waals surface area (Å²) in [6.07, 6.45) is 3.29. The highest BCUT2D eigenvalue weighted by molar-refractivity contribution is 5.99. The van der Waals surface area contributed by atoms with E-state index in [9.17, 15) is 9.59 Å². The van der Waals surface area contributed by atoms with E-state index in [1.807, 2.05) is 0 Å². The number of hydrogen-bond acceptors (Lipinski definition) is 2. The first-order valence-corrected chi connectivity index (χ1v) is 6.22. The Morgan fingerprint density at radius 1 is 1.44 bits per heavy atom. The summed E-state index contributed by atoms with van der Waals surface area (Å²) in [7, 11) is 0. The fraction of sp³-hybridized carbons (Fsp3) is 0.846. The Balaban J connectivity index is 2.89. The number of imide groups is 1. The number of nitrogens with one attached hydrogen (secondary N) is 1. The van der Waals surface area contributed by atoms with E-state index in [1.165, 1.54) is 0 Å². The number of amides is 2. The predicted molar refractivity (Wildman–Crippen MR) is 63.7 cm³/mol. The van der Waals surface area contributed by atoms with Crippen molar-refractivity contribution >= 4 is 11.8 Å². The minimum Gasteiger partial charge on any atom is -0.296 e. The molecule has 2 unspecified atom stereocenters. The van der Waals surface area contributed by atoms with Crippen LogP contribution in [0.3, 0.4) is 0 Å². The van der Waals surface area contributed by atoms with Gasteiger partial charge in [-0.15, -0.1) is 0 Å². The Kier molecular flexibility index (Phi) is 4.11. The van der Waals surface area contributed by atoms with E-state index in [2.05, 4.69) is 33.0 Å². The van der Waals surface area contributed by atoms with Crippen LogP contribution in [0, 0.1) is 17.3 Å². The van der Waals surface area contributed by atoms with Gasteiger partial charge in [0.2, 0.25) is 11.8 Å². The van der Waals surface area contributed by atoms with Gasteiger partial charge in [0.25, 0.3) is 0 Å². The van der Waals surface area contributed by atoms with Crippen molar-refractivity contribution in [3.8, 4) is 0 Å². The molecule has 0 aromatic heterocycles. The SMILES string of the molecule is CCCC1C(=O)NC(=O)CC1(C)CC(C)C. The highest BCUT2D eigenvalue weighted by Crippen LogP contribution is 2.42. The molecule has 1 saturated heterocycles. The van der Waals surface area contributed by atoms with E-state index in [0.29, 0.717) is 12.3 Å². The fourth-order valence-electron chi connectivity index (χ4n) is 2.99. The molecule has 0 aromatic carbocycles. The van der Waals surface area contributed by atoms with Crippen molar-refractivity contribution in [2.45, 2.75) is 53.4 Å². The molecule has 1 heterocycles. The molecule has 1 rings (SSSR count). The third kappa shape index (κ3) is 2.83. The van der Waals surface area contributed by atoms with Gasteiger partial charge in [-0.25, -0.2) is 0 Å². The summed E-state index contributed by atoms with van der Waals surface area (Å²) in [4.78, 5) is 23.3. The molecule has 16 heavy (non-hydrogen) atoms. The molecule has 2 atom stereocenters. The molecule has 1 fully saturated rings. The van der Waals surface area contributed by atoms with Crippen LogP contribution < -0.4 is 5.32 Å². The second kappa shape index (κ2) is 4.98. The van der Waals surface area contributed by atoms with E-state index >= 15 is 0 Å². The molecule has 1 aliphatic rings. The van der Waals surface area contributed by atoms with Crippen molar-refractivity contribution in [2.75, 3.05) is 0 Å². The molecule has 0 bridgehead atoms. The van der Waals surface area contributed by atoms with Crippen LogP contribution in [0.2, 0.25) is 0 Å². The summed E-state index contributed by atoms with van der Waals surface area (Å²) in [6.45, 7) is 8.46. The summed E-state index contributed by atoms with van der Waals surface area (Å²) in [5.74, 6) is 0.336. The normalized spacial score (nSPS) is 30.7. The van der Waals surface area contributed by atoms with Crippen LogP contribution in [-0.2, 0) is 9.59 Å². The third-order valence-electron chi connectivity index (χ3n) is 3.44. The maximum absolute atomic E-state index is 11.9. The summed E-state index contributed by atoms with van der Waals surface area (Å²) < 4.78 is 0. The van der Waals surface area contributed by atoms with Crippen molar-refractivity contribution in [3.05, 3.63) is 0 Å². The van der Waals surface area contributed by atoms with Crippen LogP contribution in [-0.4, -0.2) is 11.8 Å². The maximum atomic E-state index is 11.9. The molecular weight excluding hydrogens is 202 g/mol. The number of carbonyl (C=O) groups excluding carboxylic acids is 2. The van der Waals surface area contributed by atoms with Gasteiger partial charge >= 0.3 is 0 Å². The highest BCUT2D eigenvalue weighted by Gasteiger charge is 2.44. The Bertz CT molecular complexity index is 286. The van der Waals surface area contributed by atoms with Crippen molar-refractivity contribution in [2.24, 2.45) is 17.3 Å². The molecule has 2 amide bonds. The van der Waals surface area contributed by atoms with Gasteiger partial charge in [-0.05, 0) is 24.2 Å². The van der Waals surface area contributed by atoms with Gasteiger partial charge < -0.3 is 0 Å². The molecule has 1 aliphatic heterocycles. The topological polar surface area (TPSA) is 46.2 Å². The van der Waals surface area contributed by atoms with Crippen LogP contribution >= 0.6 is 0 Å². The van der Waals surface area contributed by atoms with E-state index in [4.69, 9.17) is 0 Å². The number of piperidine rings is 1. The number of rotatable bonds is 4. The second-order valence-electron chi connectivity index (χ2n) is 5.68. The van der Waals surface area contributed by atoms with Crippen molar-refractivity contribution in [3.63, 3.8) is 0 Å². The lowest BCUT2D eigenvalue weighted by Crippen LogP contribution is -2.51. The lowest BCUT2D eigenvalue weighted by Gasteiger charge is -2.41. The van der Waals surface area contributed by atoms with Crippen LogP contribution in [0.4, 0.5) is 0 Å². The average Bonchev–Trinajstić information content (AvgIpc) is 2.09. The molecular formula is C13H23NO2. The highest BCUT2D eigenvalue weighted by atomic mass is 16.2. The molecule has 92 valence electrons. The Labute approximate surface area is 98.0 Å². The summed E-state index contributed by atoms with van der Waals surface area (Å²) in [5.41, 5.74) is -0.149. The molecule has 0 aliphatic carbocycles. The molecule has 0 saturated carbocycles. The smallest absolute Gasteiger partial charge is 0.230 e. The minimum atomic E-state index is -0.149. The third-order valence-corrected chi connectivity index (χ3v) is 3.44. The quantitative estimate of drug-likeness (QED) is 0.747. The van der Waals surface area contributed by atoms with E-state index < -0.39 is 0 Å². The molecule has 3 nitrogen and oxygen atoms in total. The lowest BCUT2D eigenvalue weighted by molar-refractivity contribution is -0.144. The van der Waals surface area contributed by atoms with Crippen molar-refractivity contribution in [1.82, 2.24) is 5.32 Å². The van der Waals surface area contributed by atoms with Crippen LogP contribution in [0.5, 0.6) is 0 Å². The molecule has 0 radical (unpaired) electrons. The van der Waals surface area contributed by atoms with Gasteiger partial charge in [-0.3, -0.25) is 14.9 Å². The number of hydrogen-bond donors (Lipinski definition) is 1. The van der Waals surface area contributed by atoms with Gasteiger partial charge in [0.15, 0.2) is 0 Å². The first kappa shape index (κ1) is 13.2. The predicted octanol–water partition coefficient (Wildman–Crippen LogP) is 2.50. The first-order chi connectivity index (χ1) is 7.39. The zero-order valence-corrected chi connectivity index (χ0v) is 10.8. The zero-order chi connectivity index (χ0) is 12.3. The van der Waals surface area contributed by atoms with Crippen molar-refractivity contribution < 1.29 is 9.59 Å². The minimum absolute atomic E-state index is 0.00222. The van der Waals surface area contributed by atoms with Gasteiger partial charge in [-0.2, -0.15) is 0 Å². The lowest BCUT2D eigenvalue weighted by atomic mass is 9.66. The van der Waals surface area contributed by atoms with Crippen LogP contribution in [0.1, 0.15) is 53.4 Å². The zero-order valence-electron chi connectivity index (χ0n) is 10.8. The first-order valence-electron chi connectivity index (χ1n) is 6.22. The van der Waals surface area contributed by atoms with Gasteiger partial charge in [0.1, 0.15) is 0 Å². The van der Waals surface area contributed by atoms with Gasteiger partial charge in [-0.1, -0.05) is 34.1 Å². The number of carbonyl (C=O) groups is 2. The summed E-state index contributed by atoms with van der Waals surface area (Å²) in [6, 6.07) is 0. The molecule has 0 aromatic rings. The Morgan fingerprint density at radius 3 is 2.56 bits per heavy atom. The van der Waals surface area contributed by atoms with E-state index in [-0.39, 0.29) is 23.1 Å². The van der Waals surface area contributed by atoms with Crippen molar-refractivity contribution in [1.29, 1.82) is 0 Å².